The largest absolute Gasteiger partial charge is 0.484 e. The number of amides is 1. The Morgan fingerprint density at radius 3 is 2.57 bits per heavy atom. The maximum absolute atomic E-state index is 12.2. The number of methoxy groups -OCH3 is 1. The van der Waals surface area contributed by atoms with Gasteiger partial charge in [0.15, 0.2) is 6.61 Å². The van der Waals surface area contributed by atoms with Crippen molar-refractivity contribution < 1.29 is 27.4 Å². The summed E-state index contributed by atoms with van der Waals surface area (Å²) in [6, 6.07) is 4.50. The molecule has 0 radical (unpaired) electrons. The summed E-state index contributed by atoms with van der Waals surface area (Å²) in [5.41, 5.74) is 6.23. The van der Waals surface area contributed by atoms with E-state index >= 15 is 0 Å². The van der Waals surface area contributed by atoms with Crippen LogP contribution in [0.4, 0.5) is 18.9 Å². The quantitative estimate of drug-likeness (QED) is 0.787. The monoisotopic (exact) mass is 356 g/mol. The van der Waals surface area contributed by atoms with E-state index in [0.29, 0.717) is 11.3 Å². The van der Waals surface area contributed by atoms with Crippen LogP contribution in [-0.4, -0.2) is 38.4 Å². The van der Waals surface area contributed by atoms with E-state index in [9.17, 15) is 18.0 Å². The summed E-state index contributed by atoms with van der Waals surface area (Å²) >= 11 is 0. The van der Waals surface area contributed by atoms with E-state index in [2.05, 4.69) is 5.32 Å². The second kappa shape index (κ2) is 9.59. The summed E-state index contributed by atoms with van der Waals surface area (Å²) in [6.45, 7) is 0.375. The number of rotatable bonds is 7. The predicted octanol–water partition coefficient (Wildman–Crippen LogP) is 2.66. The van der Waals surface area contributed by atoms with Gasteiger partial charge in [0.2, 0.25) is 5.91 Å². The van der Waals surface area contributed by atoms with E-state index in [4.69, 9.17) is 15.2 Å². The molecule has 0 saturated heterocycles. The molecule has 5 nitrogen and oxygen atoms in total. The average molecular weight is 357 g/mol. The minimum atomic E-state index is -4.42. The fourth-order valence-corrected chi connectivity index (χ4v) is 1.74. The van der Waals surface area contributed by atoms with Gasteiger partial charge in [-0.15, -0.1) is 12.4 Å². The molecule has 1 aromatic carbocycles. The number of benzene rings is 1. The molecule has 1 unspecified atom stereocenters. The molecule has 0 aliphatic rings. The van der Waals surface area contributed by atoms with Crippen LogP contribution in [0, 0.1) is 6.92 Å². The Balaban J connectivity index is 0.00000484. The van der Waals surface area contributed by atoms with Gasteiger partial charge in [0.1, 0.15) is 5.75 Å². The molecule has 0 aliphatic carbocycles. The van der Waals surface area contributed by atoms with Crippen LogP contribution in [0.2, 0.25) is 0 Å². The average Bonchev–Trinajstić information content (AvgIpc) is 2.44. The van der Waals surface area contributed by atoms with Crippen LogP contribution >= 0.6 is 12.4 Å². The highest BCUT2D eigenvalue weighted by molar-refractivity contribution is 5.92. The molecule has 1 atom stereocenters. The number of hydrogen-bond donors (Lipinski definition) is 2. The molecular weight excluding hydrogens is 337 g/mol. The summed E-state index contributed by atoms with van der Waals surface area (Å²) in [4.78, 5) is 11.9. The highest BCUT2D eigenvalue weighted by Gasteiger charge is 2.28. The van der Waals surface area contributed by atoms with Crippen LogP contribution in [0.15, 0.2) is 18.2 Å². The molecule has 1 aromatic rings. The lowest BCUT2D eigenvalue weighted by molar-refractivity contribution is -0.153. The molecular formula is C14H20ClF3N2O3. The van der Waals surface area contributed by atoms with Crippen LogP contribution in [0.3, 0.4) is 0 Å². The van der Waals surface area contributed by atoms with Gasteiger partial charge >= 0.3 is 6.18 Å². The summed E-state index contributed by atoms with van der Waals surface area (Å²) in [6.07, 6.45) is -4.77. The van der Waals surface area contributed by atoms with Crippen LogP contribution in [-0.2, 0) is 9.53 Å². The molecule has 0 aliphatic heterocycles. The van der Waals surface area contributed by atoms with Gasteiger partial charge < -0.3 is 20.5 Å². The minimum Gasteiger partial charge on any atom is -0.484 e. The molecule has 9 heteroatoms. The minimum absolute atomic E-state index is 0. The highest BCUT2D eigenvalue weighted by atomic mass is 35.5. The molecule has 1 amide bonds. The van der Waals surface area contributed by atoms with Gasteiger partial charge in [-0.2, -0.15) is 13.2 Å². The van der Waals surface area contributed by atoms with Crippen molar-refractivity contribution in [2.45, 2.75) is 25.6 Å². The Kier molecular flexibility index (Phi) is 8.96. The lowest BCUT2D eigenvalue weighted by atomic mass is 10.1. The molecule has 3 N–H and O–H groups in total. The van der Waals surface area contributed by atoms with E-state index in [1.165, 1.54) is 19.2 Å². The molecule has 0 bridgehead atoms. The zero-order valence-corrected chi connectivity index (χ0v) is 13.6. The van der Waals surface area contributed by atoms with Gasteiger partial charge in [0.05, 0.1) is 12.5 Å². The van der Waals surface area contributed by atoms with Gasteiger partial charge in [0, 0.05) is 24.9 Å². The standard InChI is InChI=1S/C14H19F3N2O3.ClH/c1-9-11(19-13(20)6-10(7-18)21-2)4-3-5-12(9)22-8-14(15,16)17;/h3-5,10H,6-8,18H2,1-2H3,(H,19,20);1H. The van der Waals surface area contributed by atoms with E-state index in [1.807, 2.05) is 0 Å². The fourth-order valence-electron chi connectivity index (χ4n) is 1.74. The third-order valence-corrected chi connectivity index (χ3v) is 2.96. The Bertz CT molecular complexity index is 509. The van der Waals surface area contributed by atoms with Gasteiger partial charge in [-0.25, -0.2) is 0 Å². The number of carbonyl (C=O) groups is 1. The molecule has 132 valence electrons. The predicted molar refractivity (Wildman–Crippen MR) is 83.1 cm³/mol. The van der Waals surface area contributed by atoms with Crippen LogP contribution in [0.5, 0.6) is 5.75 Å². The van der Waals surface area contributed by atoms with E-state index in [0.717, 1.165) is 0 Å². The molecule has 1 rings (SSSR count). The summed E-state index contributed by atoms with van der Waals surface area (Å²) in [7, 11) is 1.45. The van der Waals surface area contributed by atoms with Crippen LogP contribution in [0.25, 0.3) is 0 Å². The number of halogens is 4. The second-order valence-corrected chi connectivity index (χ2v) is 4.68. The van der Waals surface area contributed by atoms with Crippen molar-refractivity contribution in [1.29, 1.82) is 0 Å². The van der Waals surface area contributed by atoms with Gasteiger partial charge in [-0.3, -0.25) is 4.79 Å². The van der Waals surface area contributed by atoms with Crippen molar-refractivity contribution in [3.63, 3.8) is 0 Å². The van der Waals surface area contributed by atoms with Gasteiger partial charge in [-0.05, 0) is 19.1 Å². The maximum atomic E-state index is 12.2. The zero-order valence-electron chi connectivity index (χ0n) is 12.8. The molecule has 0 fully saturated rings. The summed E-state index contributed by atoms with van der Waals surface area (Å²) < 4.78 is 46.3. The third kappa shape index (κ3) is 7.54. The fraction of sp³-hybridized carbons (Fsp3) is 0.500. The summed E-state index contributed by atoms with van der Waals surface area (Å²) in [5.74, 6) is -0.273. The Morgan fingerprint density at radius 1 is 1.39 bits per heavy atom. The van der Waals surface area contributed by atoms with E-state index in [1.54, 1.807) is 13.0 Å². The first-order valence-electron chi connectivity index (χ1n) is 6.58. The number of ether oxygens (including phenoxy) is 2. The molecule has 0 aromatic heterocycles. The number of hydrogen-bond acceptors (Lipinski definition) is 4. The first-order chi connectivity index (χ1) is 10.3. The third-order valence-electron chi connectivity index (χ3n) is 2.96. The second-order valence-electron chi connectivity index (χ2n) is 4.68. The molecule has 0 saturated carbocycles. The van der Waals surface area contributed by atoms with Crippen molar-refractivity contribution in [2.24, 2.45) is 5.73 Å². The first kappa shape index (κ1) is 21.5. The van der Waals surface area contributed by atoms with Gasteiger partial charge in [-0.1, -0.05) is 6.07 Å². The molecule has 0 spiro atoms. The molecule has 23 heavy (non-hydrogen) atoms. The van der Waals surface area contributed by atoms with Gasteiger partial charge in [0.25, 0.3) is 0 Å². The highest BCUT2D eigenvalue weighted by Crippen LogP contribution is 2.27. The number of carbonyl (C=O) groups excluding carboxylic acids is 1. The number of anilines is 1. The number of nitrogens with two attached hydrogens (primary N) is 1. The van der Waals surface area contributed by atoms with Crippen molar-refractivity contribution in [3.05, 3.63) is 23.8 Å². The number of nitrogens with one attached hydrogen (secondary N) is 1. The number of alkyl halides is 3. The Morgan fingerprint density at radius 2 is 2.04 bits per heavy atom. The smallest absolute Gasteiger partial charge is 0.422 e. The van der Waals surface area contributed by atoms with E-state index in [-0.39, 0.29) is 37.0 Å². The van der Waals surface area contributed by atoms with Crippen LogP contribution < -0.4 is 15.8 Å². The Labute approximate surface area is 138 Å². The SMILES string of the molecule is COC(CN)CC(=O)Nc1cccc(OCC(F)(F)F)c1C.Cl. The van der Waals surface area contributed by atoms with Crippen molar-refractivity contribution >= 4 is 24.0 Å². The maximum Gasteiger partial charge on any atom is 0.422 e. The normalized spacial score (nSPS) is 12.3. The zero-order chi connectivity index (χ0) is 16.8. The van der Waals surface area contributed by atoms with E-state index < -0.39 is 18.9 Å². The van der Waals surface area contributed by atoms with Crippen molar-refractivity contribution in [3.8, 4) is 5.75 Å². The topological polar surface area (TPSA) is 73.6 Å². The van der Waals surface area contributed by atoms with Crippen molar-refractivity contribution in [2.75, 3.05) is 25.6 Å². The summed E-state index contributed by atoms with van der Waals surface area (Å²) in [5, 5.41) is 2.61. The molecule has 0 heterocycles. The Hall–Kier alpha value is -1.51. The lowest BCUT2D eigenvalue weighted by Crippen LogP contribution is -2.28. The first-order valence-corrected chi connectivity index (χ1v) is 6.58. The lowest BCUT2D eigenvalue weighted by Gasteiger charge is -2.16. The van der Waals surface area contributed by atoms with Crippen LogP contribution in [0.1, 0.15) is 12.0 Å². The van der Waals surface area contributed by atoms with Crippen molar-refractivity contribution in [1.82, 2.24) is 0 Å².